The van der Waals surface area contributed by atoms with Gasteiger partial charge in [-0.15, -0.1) is 0 Å². The fourth-order valence-electron chi connectivity index (χ4n) is 3.83. The highest BCUT2D eigenvalue weighted by Gasteiger charge is 2.35. The van der Waals surface area contributed by atoms with Gasteiger partial charge in [0, 0.05) is 0 Å². The minimum atomic E-state index is -2.06. The molecule has 0 radical (unpaired) electrons. The molecular weight excluding hydrogens is 476 g/mol. The maximum Gasteiger partial charge on any atom is 0.309 e. The lowest BCUT2D eigenvalue weighted by molar-refractivity contribution is -0.149. The maximum atomic E-state index is 13.1. The van der Waals surface area contributed by atoms with Gasteiger partial charge in [0.2, 0.25) is 0 Å². The summed E-state index contributed by atoms with van der Waals surface area (Å²) in [6.07, 6.45) is -6.71. The molecule has 3 aromatic carbocycles. The summed E-state index contributed by atoms with van der Waals surface area (Å²) >= 11 is 0. The van der Waals surface area contributed by atoms with E-state index in [0.717, 1.165) is 11.1 Å². The van der Waals surface area contributed by atoms with Gasteiger partial charge in [-0.05, 0) is 16.7 Å². The largest absolute Gasteiger partial charge is 0.452 e. The van der Waals surface area contributed by atoms with E-state index in [0.29, 0.717) is 5.56 Å². The van der Waals surface area contributed by atoms with Crippen LogP contribution in [0.1, 0.15) is 35.3 Å². The SMILES string of the molecule is NC(CO)C(O)C(O)C(O)C(=O)NC(CC(=O)OC(c1ccccc1)c1ccccc1)c1ccccc1. The van der Waals surface area contributed by atoms with E-state index < -0.39 is 55.0 Å². The molecule has 196 valence electrons. The third-order valence-electron chi connectivity index (χ3n) is 5.93. The summed E-state index contributed by atoms with van der Waals surface area (Å²) in [7, 11) is 0. The van der Waals surface area contributed by atoms with Crippen molar-refractivity contribution in [2.24, 2.45) is 5.73 Å². The number of ether oxygens (including phenoxy) is 1. The maximum absolute atomic E-state index is 13.1. The average Bonchev–Trinajstić information content (AvgIpc) is 2.95. The Morgan fingerprint density at radius 3 is 1.68 bits per heavy atom. The number of aliphatic hydroxyl groups is 4. The lowest BCUT2D eigenvalue weighted by atomic mass is 9.99. The number of nitrogens with one attached hydrogen (secondary N) is 1. The highest BCUT2D eigenvalue weighted by Crippen LogP contribution is 2.28. The van der Waals surface area contributed by atoms with Crippen LogP contribution in [0.4, 0.5) is 0 Å². The number of hydrogen-bond donors (Lipinski definition) is 6. The molecule has 0 aliphatic carbocycles. The Kier molecular flexibility index (Phi) is 10.3. The Hall–Kier alpha value is -3.60. The first-order valence-corrected chi connectivity index (χ1v) is 11.9. The molecule has 1 amide bonds. The second-order valence-corrected chi connectivity index (χ2v) is 8.64. The van der Waals surface area contributed by atoms with Crippen LogP contribution in [0.25, 0.3) is 0 Å². The van der Waals surface area contributed by atoms with E-state index in [1.165, 1.54) is 0 Å². The van der Waals surface area contributed by atoms with Crippen LogP contribution < -0.4 is 11.1 Å². The molecule has 9 heteroatoms. The number of amides is 1. The van der Waals surface area contributed by atoms with Gasteiger partial charge in [0.25, 0.3) is 5.91 Å². The van der Waals surface area contributed by atoms with E-state index in [2.05, 4.69) is 5.32 Å². The predicted octanol–water partition coefficient (Wildman–Crippen LogP) is 0.969. The van der Waals surface area contributed by atoms with Gasteiger partial charge in [-0.2, -0.15) is 0 Å². The summed E-state index contributed by atoms with van der Waals surface area (Å²) in [5.74, 6) is -1.63. The van der Waals surface area contributed by atoms with Crippen molar-refractivity contribution in [3.63, 3.8) is 0 Å². The first kappa shape index (κ1) is 28.0. The second-order valence-electron chi connectivity index (χ2n) is 8.64. The molecule has 0 fully saturated rings. The van der Waals surface area contributed by atoms with E-state index in [9.17, 15) is 24.9 Å². The minimum Gasteiger partial charge on any atom is -0.452 e. The van der Waals surface area contributed by atoms with Crippen LogP contribution in [-0.4, -0.2) is 63.3 Å². The first-order valence-electron chi connectivity index (χ1n) is 11.9. The van der Waals surface area contributed by atoms with Crippen molar-refractivity contribution in [2.75, 3.05) is 6.61 Å². The number of carbonyl (C=O) groups is 2. The third-order valence-corrected chi connectivity index (χ3v) is 5.93. The molecule has 0 saturated heterocycles. The molecule has 0 aliphatic heterocycles. The monoisotopic (exact) mass is 508 g/mol. The highest BCUT2D eigenvalue weighted by atomic mass is 16.5. The second kappa shape index (κ2) is 13.6. The molecule has 9 nitrogen and oxygen atoms in total. The third kappa shape index (κ3) is 7.69. The molecule has 5 atom stereocenters. The average molecular weight is 509 g/mol. The van der Waals surface area contributed by atoms with E-state index in [1.54, 1.807) is 30.3 Å². The van der Waals surface area contributed by atoms with E-state index in [1.807, 2.05) is 60.7 Å². The normalized spacial score (nSPS) is 15.3. The summed E-state index contributed by atoms with van der Waals surface area (Å²) < 4.78 is 5.86. The Bertz CT molecular complexity index is 1080. The Labute approximate surface area is 215 Å². The molecule has 0 spiro atoms. The number of benzene rings is 3. The standard InChI is InChI=1S/C28H32N2O7/c29-21(17-31)24(33)25(34)26(35)28(36)30-22(18-10-4-1-5-11-18)16-23(32)37-27(19-12-6-2-7-13-19)20-14-8-3-9-15-20/h1-15,21-22,24-27,31,33-35H,16-17,29H2,(H,30,36). The zero-order valence-electron chi connectivity index (χ0n) is 20.1. The molecule has 0 heterocycles. The topological polar surface area (TPSA) is 162 Å². The van der Waals surface area contributed by atoms with Gasteiger partial charge in [-0.1, -0.05) is 91.0 Å². The van der Waals surface area contributed by atoms with Gasteiger partial charge in [0.05, 0.1) is 25.1 Å². The van der Waals surface area contributed by atoms with Gasteiger partial charge < -0.3 is 36.2 Å². The molecule has 3 rings (SSSR count). The molecule has 37 heavy (non-hydrogen) atoms. The fraction of sp³-hybridized carbons (Fsp3) is 0.286. The molecule has 0 aromatic heterocycles. The first-order chi connectivity index (χ1) is 17.8. The van der Waals surface area contributed by atoms with Crippen molar-refractivity contribution in [1.29, 1.82) is 0 Å². The molecule has 7 N–H and O–H groups in total. The van der Waals surface area contributed by atoms with Gasteiger partial charge in [-0.3, -0.25) is 9.59 Å². The van der Waals surface area contributed by atoms with Gasteiger partial charge in [0.15, 0.2) is 12.2 Å². The molecule has 3 aromatic rings. The number of hydrogen-bond acceptors (Lipinski definition) is 8. The fourth-order valence-corrected chi connectivity index (χ4v) is 3.83. The molecular formula is C28H32N2O7. The van der Waals surface area contributed by atoms with Crippen molar-refractivity contribution in [3.8, 4) is 0 Å². The van der Waals surface area contributed by atoms with Crippen LogP contribution in [0.15, 0.2) is 91.0 Å². The van der Waals surface area contributed by atoms with Crippen molar-refractivity contribution in [3.05, 3.63) is 108 Å². The number of rotatable bonds is 12. The van der Waals surface area contributed by atoms with Crippen molar-refractivity contribution in [2.45, 2.75) is 42.9 Å². The quantitative estimate of drug-likeness (QED) is 0.197. The van der Waals surface area contributed by atoms with E-state index >= 15 is 0 Å². The van der Waals surface area contributed by atoms with Gasteiger partial charge >= 0.3 is 5.97 Å². The summed E-state index contributed by atoms with van der Waals surface area (Å²) in [6, 6.07) is 24.9. The zero-order chi connectivity index (χ0) is 26.8. The van der Waals surface area contributed by atoms with Crippen LogP contribution in [0.2, 0.25) is 0 Å². The van der Waals surface area contributed by atoms with Crippen molar-refractivity contribution < 1.29 is 34.8 Å². The lowest BCUT2D eigenvalue weighted by Gasteiger charge is -2.27. The number of esters is 1. The van der Waals surface area contributed by atoms with Crippen molar-refractivity contribution in [1.82, 2.24) is 5.32 Å². The van der Waals surface area contributed by atoms with E-state index in [4.69, 9.17) is 15.6 Å². The number of nitrogens with two attached hydrogens (primary N) is 1. The van der Waals surface area contributed by atoms with Crippen LogP contribution in [0, 0.1) is 0 Å². The molecule has 5 unspecified atom stereocenters. The minimum absolute atomic E-state index is 0.270. The Morgan fingerprint density at radius 1 is 0.757 bits per heavy atom. The van der Waals surface area contributed by atoms with Crippen LogP contribution in [0.3, 0.4) is 0 Å². The number of carbonyl (C=O) groups excluding carboxylic acids is 2. The van der Waals surface area contributed by atoms with Gasteiger partial charge in [0.1, 0.15) is 12.2 Å². The molecule has 0 saturated carbocycles. The highest BCUT2D eigenvalue weighted by molar-refractivity contribution is 5.82. The van der Waals surface area contributed by atoms with Gasteiger partial charge in [-0.25, -0.2) is 0 Å². The summed E-state index contributed by atoms with van der Waals surface area (Å²) in [4.78, 5) is 25.9. The van der Waals surface area contributed by atoms with Crippen LogP contribution in [-0.2, 0) is 14.3 Å². The summed E-state index contributed by atoms with van der Waals surface area (Å²) in [5, 5.41) is 42.0. The Balaban J connectivity index is 1.78. The smallest absolute Gasteiger partial charge is 0.309 e. The van der Waals surface area contributed by atoms with Crippen molar-refractivity contribution >= 4 is 11.9 Å². The summed E-state index contributed by atoms with van der Waals surface area (Å²) in [6.45, 7) is -0.658. The number of aliphatic hydroxyl groups excluding tert-OH is 4. The molecule has 0 bridgehead atoms. The van der Waals surface area contributed by atoms with Crippen LogP contribution in [0.5, 0.6) is 0 Å². The molecule has 0 aliphatic rings. The predicted molar refractivity (Wildman–Crippen MR) is 136 cm³/mol. The van der Waals surface area contributed by atoms with Crippen LogP contribution >= 0.6 is 0 Å². The zero-order valence-corrected chi connectivity index (χ0v) is 20.1. The summed E-state index contributed by atoms with van der Waals surface area (Å²) in [5.41, 5.74) is 7.61. The lowest BCUT2D eigenvalue weighted by Crippen LogP contribution is -2.54. The Morgan fingerprint density at radius 2 is 1.22 bits per heavy atom. The van der Waals surface area contributed by atoms with E-state index in [-0.39, 0.29) is 6.42 Å².